The van der Waals surface area contributed by atoms with Crippen LogP contribution >= 0.6 is 11.6 Å². The molecule has 0 radical (unpaired) electrons. The summed E-state index contributed by atoms with van der Waals surface area (Å²) in [5, 5.41) is 8.46. The van der Waals surface area contributed by atoms with Crippen molar-refractivity contribution in [1.82, 2.24) is 4.98 Å². The van der Waals surface area contributed by atoms with E-state index in [0.717, 1.165) is 0 Å². The number of halogens is 4. The zero-order chi connectivity index (χ0) is 23.7. The number of aliphatic carboxylic acids is 1. The molecule has 0 bridgehead atoms. The highest BCUT2D eigenvalue weighted by Gasteiger charge is 2.43. The van der Waals surface area contributed by atoms with Gasteiger partial charge in [0.25, 0.3) is 0 Å². The average molecular weight is 466 g/mol. The molecule has 3 rings (SSSR count). The van der Waals surface area contributed by atoms with Crippen LogP contribution in [0.3, 0.4) is 0 Å². The summed E-state index contributed by atoms with van der Waals surface area (Å²) in [4.78, 5) is 13.9. The van der Waals surface area contributed by atoms with Crippen LogP contribution in [0.15, 0.2) is 72.8 Å². The predicted octanol–water partition coefficient (Wildman–Crippen LogP) is 7.34. The molecule has 0 amide bonds. The van der Waals surface area contributed by atoms with Crippen molar-refractivity contribution in [2.75, 3.05) is 0 Å². The molecule has 0 saturated carbocycles. The SMILES string of the molecule is CC(C)CC(=O)O.FC(F)(F)C(c1ccc(Cl)cc1)c1cccc(Oc2ccccc2)n1. The molecule has 4 nitrogen and oxygen atoms in total. The van der Waals surface area contributed by atoms with Crippen molar-refractivity contribution in [3.8, 4) is 11.6 Å². The first-order chi connectivity index (χ1) is 15.1. The van der Waals surface area contributed by atoms with Gasteiger partial charge in [0.1, 0.15) is 11.7 Å². The summed E-state index contributed by atoms with van der Waals surface area (Å²) in [7, 11) is 0. The number of para-hydroxylation sites is 1. The van der Waals surface area contributed by atoms with Crippen LogP contribution in [0.25, 0.3) is 0 Å². The second-order valence-corrected chi connectivity index (χ2v) is 7.77. The van der Waals surface area contributed by atoms with Crippen LogP contribution in [0.2, 0.25) is 5.02 Å². The van der Waals surface area contributed by atoms with Crippen molar-refractivity contribution in [2.45, 2.75) is 32.4 Å². The maximum Gasteiger partial charge on any atom is 0.401 e. The Balaban J connectivity index is 0.000000451. The predicted molar refractivity (Wildman–Crippen MR) is 117 cm³/mol. The lowest BCUT2D eigenvalue weighted by atomic mass is 9.94. The molecular weight excluding hydrogens is 443 g/mol. The Bertz CT molecular complexity index is 993. The van der Waals surface area contributed by atoms with Gasteiger partial charge < -0.3 is 9.84 Å². The van der Waals surface area contributed by atoms with E-state index in [-0.39, 0.29) is 29.5 Å². The van der Waals surface area contributed by atoms with Crippen molar-refractivity contribution >= 4 is 17.6 Å². The zero-order valence-electron chi connectivity index (χ0n) is 17.5. The molecule has 170 valence electrons. The molecule has 8 heteroatoms. The minimum absolute atomic E-state index is 0.0706. The maximum absolute atomic E-state index is 13.6. The minimum atomic E-state index is -4.49. The fourth-order valence-electron chi connectivity index (χ4n) is 2.79. The van der Waals surface area contributed by atoms with E-state index in [1.807, 2.05) is 19.9 Å². The summed E-state index contributed by atoms with van der Waals surface area (Å²) in [6, 6.07) is 18.7. The molecule has 1 unspecified atom stereocenters. The fraction of sp³-hybridized carbons (Fsp3) is 0.250. The molecular formula is C24H23ClF3NO3. The van der Waals surface area contributed by atoms with Gasteiger partial charge in [-0.05, 0) is 41.8 Å². The number of aromatic nitrogens is 1. The van der Waals surface area contributed by atoms with Gasteiger partial charge in [-0.25, -0.2) is 4.98 Å². The summed E-state index contributed by atoms with van der Waals surface area (Å²) in [5.41, 5.74) is -0.0653. The molecule has 1 heterocycles. The molecule has 0 fully saturated rings. The smallest absolute Gasteiger partial charge is 0.401 e. The normalized spacial score (nSPS) is 12.0. The zero-order valence-corrected chi connectivity index (χ0v) is 18.3. The highest BCUT2D eigenvalue weighted by Crippen LogP contribution is 2.40. The van der Waals surface area contributed by atoms with Crippen molar-refractivity contribution in [1.29, 1.82) is 0 Å². The van der Waals surface area contributed by atoms with E-state index in [4.69, 9.17) is 21.4 Å². The van der Waals surface area contributed by atoms with Crippen LogP contribution in [0.5, 0.6) is 11.6 Å². The summed E-state index contributed by atoms with van der Waals surface area (Å²) >= 11 is 5.78. The molecule has 3 aromatic rings. The number of rotatable bonds is 6. The molecule has 2 aromatic carbocycles. The van der Waals surface area contributed by atoms with Gasteiger partial charge in [-0.3, -0.25) is 4.79 Å². The third-order valence-electron chi connectivity index (χ3n) is 4.12. The van der Waals surface area contributed by atoms with Gasteiger partial charge in [-0.2, -0.15) is 13.2 Å². The number of ether oxygens (including phenoxy) is 1. The summed E-state index contributed by atoms with van der Waals surface area (Å²) in [5.74, 6) is -1.69. The quantitative estimate of drug-likeness (QED) is 0.413. The Kier molecular flexibility index (Phi) is 9.08. The van der Waals surface area contributed by atoms with Gasteiger partial charge in [0.15, 0.2) is 0 Å². The molecule has 0 spiro atoms. The van der Waals surface area contributed by atoms with E-state index in [1.54, 1.807) is 24.3 Å². The minimum Gasteiger partial charge on any atom is -0.481 e. The second kappa shape index (κ2) is 11.5. The van der Waals surface area contributed by atoms with Crippen LogP contribution in [-0.2, 0) is 4.79 Å². The monoisotopic (exact) mass is 465 g/mol. The number of carboxylic acid groups (broad SMARTS) is 1. The van der Waals surface area contributed by atoms with E-state index < -0.39 is 18.1 Å². The van der Waals surface area contributed by atoms with Gasteiger partial charge >= 0.3 is 12.1 Å². The number of nitrogens with zero attached hydrogens (tertiary/aromatic N) is 1. The Hall–Kier alpha value is -3.06. The Morgan fingerprint density at radius 3 is 2.12 bits per heavy atom. The first-order valence-electron chi connectivity index (χ1n) is 9.80. The van der Waals surface area contributed by atoms with Gasteiger partial charge in [0, 0.05) is 17.5 Å². The Morgan fingerprint density at radius 2 is 1.62 bits per heavy atom. The van der Waals surface area contributed by atoms with Crippen LogP contribution < -0.4 is 4.74 Å². The Labute approximate surface area is 189 Å². The van der Waals surface area contributed by atoms with Crippen LogP contribution in [0, 0.1) is 5.92 Å². The summed E-state index contributed by atoms with van der Waals surface area (Å²) < 4.78 is 46.4. The average Bonchev–Trinajstić information content (AvgIpc) is 2.69. The number of benzene rings is 2. The summed E-state index contributed by atoms with van der Waals surface area (Å²) in [6.07, 6.45) is -4.22. The first kappa shape index (κ1) is 25.2. The Morgan fingerprint density at radius 1 is 1.00 bits per heavy atom. The molecule has 0 saturated heterocycles. The lowest BCUT2D eigenvalue weighted by molar-refractivity contribution is -0.142. The number of hydrogen-bond donors (Lipinski definition) is 1. The molecule has 0 aliphatic carbocycles. The number of hydrogen-bond acceptors (Lipinski definition) is 3. The largest absolute Gasteiger partial charge is 0.481 e. The van der Waals surface area contributed by atoms with E-state index in [1.165, 1.54) is 42.5 Å². The van der Waals surface area contributed by atoms with Gasteiger partial charge in [-0.15, -0.1) is 0 Å². The second-order valence-electron chi connectivity index (χ2n) is 7.33. The van der Waals surface area contributed by atoms with Crippen LogP contribution in [0.1, 0.15) is 37.4 Å². The van der Waals surface area contributed by atoms with Gasteiger partial charge in [0.05, 0.1) is 5.69 Å². The number of carbonyl (C=O) groups is 1. The fourth-order valence-corrected chi connectivity index (χ4v) is 2.92. The van der Waals surface area contributed by atoms with E-state index in [9.17, 15) is 18.0 Å². The van der Waals surface area contributed by atoms with Crippen LogP contribution in [0.4, 0.5) is 13.2 Å². The lowest BCUT2D eigenvalue weighted by Crippen LogP contribution is -2.23. The number of alkyl halides is 3. The maximum atomic E-state index is 13.6. The standard InChI is InChI=1S/C19H13ClF3NO.C5H10O2/c20-14-11-9-13(10-12-14)18(19(21,22)23)16-7-4-8-17(24-16)25-15-5-2-1-3-6-15;1-4(2)3-5(6)7/h1-12,18H;4H,3H2,1-2H3,(H,6,7). The highest BCUT2D eigenvalue weighted by atomic mass is 35.5. The van der Waals surface area contributed by atoms with Crippen LogP contribution in [-0.4, -0.2) is 22.2 Å². The highest BCUT2D eigenvalue weighted by molar-refractivity contribution is 6.30. The molecule has 1 aromatic heterocycles. The van der Waals surface area contributed by atoms with Crippen molar-refractivity contribution in [2.24, 2.45) is 5.92 Å². The third-order valence-corrected chi connectivity index (χ3v) is 4.37. The molecule has 1 atom stereocenters. The van der Waals surface area contributed by atoms with Gasteiger partial charge in [-0.1, -0.05) is 61.8 Å². The van der Waals surface area contributed by atoms with E-state index >= 15 is 0 Å². The lowest BCUT2D eigenvalue weighted by Gasteiger charge is -2.21. The van der Waals surface area contributed by atoms with Crippen molar-refractivity contribution < 1.29 is 27.8 Å². The molecule has 0 aliphatic rings. The topological polar surface area (TPSA) is 59.4 Å². The van der Waals surface area contributed by atoms with E-state index in [0.29, 0.717) is 10.8 Å². The van der Waals surface area contributed by atoms with Gasteiger partial charge in [0.2, 0.25) is 5.88 Å². The number of pyridine rings is 1. The third kappa shape index (κ3) is 8.23. The van der Waals surface area contributed by atoms with Crippen molar-refractivity contribution in [3.05, 3.63) is 89.1 Å². The number of carboxylic acids is 1. The molecule has 0 aliphatic heterocycles. The first-order valence-corrected chi connectivity index (χ1v) is 10.2. The van der Waals surface area contributed by atoms with E-state index in [2.05, 4.69) is 4.98 Å². The molecule has 1 N–H and O–H groups in total. The van der Waals surface area contributed by atoms with Crippen molar-refractivity contribution in [3.63, 3.8) is 0 Å². The summed E-state index contributed by atoms with van der Waals surface area (Å²) in [6.45, 7) is 3.77. The molecule has 32 heavy (non-hydrogen) atoms.